The van der Waals surface area contributed by atoms with Crippen molar-refractivity contribution in [1.29, 1.82) is 0 Å². The number of ether oxygens (including phenoxy) is 1. The fourth-order valence-corrected chi connectivity index (χ4v) is 1.80. The van der Waals surface area contributed by atoms with Crippen molar-refractivity contribution < 1.29 is 9.53 Å². The molecule has 0 bridgehead atoms. The minimum atomic E-state index is -0.102. The van der Waals surface area contributed by atoms with E-state index in [0.29, 0.717) is 23.9 Å². The molecule has 1 amide bonds. The number of benzene rings is 1. The maximum absolute atomic E-state index is 11.9. The van der Waals surface area contributed by atoms with Crippen LogP contribution in [-0.4, -0.2) is 37.6 Å². The molecule has 0 unspecified atom stereocenters. The van der Waals surface area contributed by atoms with Crippen molar-refractivity contribution in [1.82, 2.24) is 4.90 Å². The van der Waals surface area contributed by atoms with E-state index in [1.54, 1.807) is 24.1 Å². The van der Waals surface area contributed by atoms with Crippen LogP contribution in [0.2, 0.25) is 5.02 Å². The summed E-state index contributed by atoms with van der Waals surface area (Å²) in [5.41, 5.74) is 5.55. The quantitative estimate of drug-likeness (QED) is 0.876. The van der Waals surface area contributed by atoms with Gasteiger partial charge in [-0.1, -0.05) is 37.6 Å². The number of hydrogen-bond donors (Lipinski definition) is 1. The molecule has 0 aromatic heterocycles. The molecule has 0 spiro atoms. The fraction of sp³-hybridized carbons (Fsp3) is 0.500. The van der Waals surface area contributed by atoms with Crippen molar-refractivity contribution in [3.05, 3.63) is 29.3 Å². The lowest BCUT2D eigenvalue weighted by Gasteiger charge is -2.29. The summed E-state index contributed by atoms with van der Waals surface area (Å²) in [5, 5.41) is 0.500. The lowest BCUT2D eigenvalue weighted by molar-refractivity contribution is -0.133. The van der Waals surface area contributed by atoms with E-state index in [1.807, 2.05) is 26.0 Å². The molecule has 0 saturated heterocycles. The van der Waals surface area contributed by atoms with Gasteiger partial charge in [0.25, 0.3) is 5.91 Å². The van der Waals surface area contributed by atoms with E-state index in [0.717, 1.165) is 0 Å². The van der Waals surface area contributed by atoms with Gasteiger partial charge in [0.15, 0.2) is 6.61 Å². The van der Waals surface area contributed by atoms with Crippen LogP contribution in [0.4, 0.5) is 0 Å². The molecule has 0 radical (unpaired) electrons. The Kier molecular flexibility index (Phi) is 7.94. The Morgan fingerprint density at radius 1 is 1.40 bits per heavy atom. The number of amides is 1. The van der Waals surface area contributed by atoms with Gasteiger partial charge in [-0.05, 0) is 24.1 Å². The van der Waals surface area contributed by atoms with Crippen LogP contribution in [0, 0.1) is 5.41 Å². The van der Waals surface area contributed by atoms with Gasteiger partial charge in [0.1, 0.15) is 5.75 Å². The number of halogens is 2. The summed E-state index contributed by atoms with van der Waals surface area (Å²) in [5.74, 6) is 0.422. The van der Waals surface area contributed by atoms with Crippen LogP contribution in [0.1, 0.15) is 13.8 Å². The molecule has 0 heterocycles. The van der Waals surface area contributed by atoms with E-state index in [9.17, 15) is 4.79 Å². The molecule has 114 valence electrons. The topological polar surface area (TPSA) is 55.6 Å². The number of nitrogens with zero attached hydrogens (tertiary/aromatic N) is 1. The van der Waals surface area contributed by atoms with Gasteiger partial charge in [0, 0.05) is 13.6 Å². The van der Waals surface area contributed by atoms with E-state index in [4.69, 9.17) is 22.1 Å². The third-order valence-corrected chi connectivity index (χ3v) is 3.14. The van der Waals surface area contributed by atoms with Crippen LogP contribution >= 0.6 is 24.0 Å². The Morgan fingerprint density at radius 2 is 2.00 bits per heavy atom. The maximum atomic E-state index is 11.9. The second-order valence-corrected chi connectivity index (χ2v) is 5.74. The highest BCUT2D eigenvalue weighted by Crippen LogP contribution is 2.23. The molecule has 2 N–H and O–H groups in total. The van der Waals surface area contributed by atoms with E-state index in [2.05, 4.69) is 0 Å². The van der Waals surface area contributed by atoms with Gasteiger partial charge < -0.3 is 15.4 Å². The number of para-hydroxylation sites is 1. The summed E-state index contributed by atoms with van der Waals surface area (Å²) in [6, 6.07) is 7.09. The zero-order valence-corrected chi connectivity index (χ0v) is 13.6. The largest absolute Gasteiger partial charge is 0.482 e. The Bertz CT molecular complexity index is 439. The van der Waals surface area contributed by atoms with Crippen molar-refractivity contribution in [2.24, 2.45) is 11.1 Å². The Hall–Kier alpha value is -0.970. The van der Waals surface area contributed by atoms with Crippen LogP contribution in [0.5, 0.6) is 5.75 Å². The van der Waals surface area contributed by atoms with E-state index in [1.165, 1.54) is 0 Å². The van der Waals surface area contributed by atoms with Crippen LogP contribution < -0.4 is 10.5 Å². The van der Waals surface area contributed by atoms with Crippen LogP contribution in [0.3, 0.4) is 0 Å². The first-order valence-corrected chi connectivity index (χ1v) is 6.55. The Morgan fingerprint density at radius 3 is 2.55 bits per heavy atom. The molecule has 20 heavy (non-hydrogen) atoms. The summed E-state index contributed by atoms with van der Waals surface area (Å²) in [4.78, 5) is 13.6. The van der Waals surface area contributed by atoms with Gasteiger partial charge in [-0.15, -0.1) is 12.4 Å². The summed E-state index contributed by atoms with van der Waals surface area (Å²) >= 11 is 5.95. The smallest absolute Gasteiger partial charge is 0.260 e. The van der Waals surface area contributed by atoms with Gasteiger partial charge in [-0.25, -0.2) is 0 Å². The zero-order valence-electron chi connectivity index (χ0n) is 12.1. The molecule has 0 atom stereocenters. The highest BCUT2D eigenvalue weighted by atomic mass is 35.5. The molecule has 1 rings (SSSR count). The monoisotopic (exact) mass is 320 g/mol. The SMILES string of the molecule is CN(CC(C)(C)CN)C(=O)COc1ccccc1Cl.Cl. The predicted molar refractivity (Wildman–Crippen MR) is 84.7 cm³/mol. The van der Waals surface area contributed by atoms with Gasteiger partial charge in [0.05, 0.1) is 5.02 Å². The highest BCUT2D eigenvalue weighted by molar-refractivity contribution is 6.32. The first kappa shape index (κ1) is 19.0. The third-order valence-electron chi connectivity index (χ3n) is 2.83. The maximum Gasteiger partial charge on any atom is 0.260 e. The van der Waals surface area contributed by atoms with Gasteiger partial charge >= 0.3 is 0 Å². The van der Waals surface area contributed by atoms with Crippen molar-refractivity contribution in [3.63, 3.8) is 0 Å². The Balaban J connectivity index is 0.00000361. The van der Waals surface area contributed by atoms with E-state index >= 15 is 0 Å². The molecule has 0 saturated carbocycles. The molecule has 6 heteroatoms. The van der Waals surface area contributed by atoms with Crippen molar-refractivity contribution in [2.45, 2.75) is 13.8 Å². The number of likely N-dealkylation sites (N-methyl/N-ethyl adjacent to an activating group) is 1. The third kappa shape index (κ3) is 5.99. The molecule has 1 aromatic rings. The lowest BCUT2D eigenvalue weighted by Crippen LogP contribution is -2.41. The number of carbonyl (C=O) groups is 1. The molecule has 1 aromatic carbocycles. The van der Waals surface area contributed by atoms with Gasteiger partial charge in [-0.2, -0.15) is 0 Å². The van der Waals surface area contributed by atoms with Gasteiger partial charge in [-0.3, -0.25) is 4.79 Å². The summed E-state index contributed by atoms with van der Waals surface area (Å²) in [6.07, 6.45) is 0. The van der Waals surface area contributed by atoms with Crippen LogP contribution in [0.15, 0.2) is 24.3 Å². The molecular formula is C14H22Cl2N2O2. The average Bonchev–Trinajstić information content (AvgIpc) is 2.37. The first-order chi connectivity index (χ1) is 8.85. The number of nitrogens with two attached hydrogens (primary N) is 1. The molecule has 0 aliphatic rings. The first-order valence-electron chi connectivity index (χ1n) is 6.17. The summed E-state index contributed by atoms with van der Waals surface area (Å²) < 4.78 is 5.41. The highest BCUT2D eigenvalue weighted by Gasteiger charge is 2.21. The second kappa shape index (κ2) is 8.35. The zero-order chi connectivity index (χ0) is 14.5. The molecule has 0 aliphatic carbocycles. The Labute approximate surface area is 131 Å². The summed E-state index contributed by atoms with van der Waals surface area (Å²) in [7, 11) is 1.75. The second-order valence-electron chi connectivity index (χ2n) is 5.34. The van der Waals surface area contributed by atoms with E-state index in [-0.39, 0.29) is 30.3 Å². The van der Waals surface area contributed by atoms with Gasteiger partial charge in [0.2, 0.25) is 0 Å². The lowest BCUT2D eigenvalue weighted by atomic mass is 9.93. The standard InChI is InChI=1S/C14H21ClN2O2.ClH/c1-14(2,9-16)10-17(3)13(18)8-19-12-7-5-4-6-11(12)15;/h4-7H,8-10,16H2,1-3H3;1H. The number of carbonyl (C=O) groups excluding carboxylic acids is 1. The normalized spacial score (nSPS) is 10.7. The van der Waals surface area contributed by atoms with Crippen molar-refractivity contribution >= 4 is 29.9 Å². The van der Waals surface area contributed by atoms with E-state index < -0.39 is 0 Å². The predicted octanol–water partition coefficient (Wildman–Crippen LogP) is 2.58. The van der Waals surface area contributed by atoms with Crippen LogP contribution in [0.25, 0.3) is 0 Å². The van der Waals surface area contributed by atoms with Crippen molar-refractivity contribution in [3.8, 4) is 5.75 Å². The molecule has 0 fully saturated rings. The van der Waals surface area contributed by atoms with Crippen molar-refractivity contribution in [2.75, 3.05) is 26.7 Å². The van der Waals surface area contributed by atoms with Crippen LogP contribution in [-0.2, 0) is 4.79 Å². The number of hydrogen-bond acceptors (Lipinski definition) is 3. The molecule has 4 nitrogen and oxygen atoms in total. The summed E-state index contributed by atoms with van der Waals surface area (Å²) in [6.45, 7) is 5.13. The molecular weight excluding hydrogens is 299 g/mol. The number of rotatable bonds is 6. The molecule has 0 aliphatic heterocycles. The average molecular weight is 321 g/mol. The fourth-order valence-electron chi connectivity index (χ4n) is 1.61. The minimum absolute atomic E-state index is 0. The minimum Gasteiger partial charge on any atom is -0.482 e.